The molecule has 0 bridgehead atoms. The number of benzene rings is 2. The van der Waals surface area contributed by atoms with E-state index in [0.717, 1.165) is 5.56 Å². The zero-order valence-electron chi connectivity index (χ0n) is 11.9. The van der Waals surface area contributed by atoms with Gasteiger partial charge in [-0.25, -0.2) is 0 Å². The summed E-state index contributed by atoms with van der Waals surface area (Å²) in [5.41, 5.74) is 1.46. The Hall–Kier alpha value is -3.15. The molecule has 3 rings (SSSR count). The second-order valence-corrected chi connectivity index (χ2v) is 4.53. The van der Waals surface area contributed by atoms with Gasteiger partial charge in [0.05, 0.1) is 13.3 Å². The largest absolute Gasteiger partial charge is 0.507 e. The maximum Gasteiger partial charge on any atom is 0.184 e. The Kier molecular flexibility index (Phi) is 3.82. The smallest absolute Gasteiger partial charge is 0.184 e. The molecule has 0 fully saturated rings. The van der Waals surface area contributed by atoms with Crippen molar-refractivity contribution in [3.8, 4) is 22.9 Å². The summed E-state index contributed by atoms with van der Waals surface area (Å²) in [5.74, 6) is 1.39. The van der Waals surface area contributed by atoms with Crippen LogP contribution in [0, 0.1) is 0 Å². The molecule has 2 aromatic carbocycles. The van der Waals surface area contributed by atoms with Crippen molar-refractivity contribution in [1.29, 1.82) is 0 Å². The lowest BCUT2D eigenvalue weighted by Crippen LogP contribution is -1.94. The molecule has 6 heteroatoms. The highest BCUT2D eigenvalue weighted by molar-refractivity contribution is 5.84. The SMILES string of the molecule is COc1ccc(O)c(/C=N/n2cnnc2-c2ccccc2)c1. The zero-order chi connectivity index (χ0) is 15.4. The van der Waals surface area contributed by atoms with Crippen LogP contribution in [-0.4, -0.2) is 33.3 Å². The molecule has 3 aromatic rings. The Morgan fingerprint density at radius 2 is 2.00 bits per heavy atom. The summed E-state index contributed by atoms with van der Waals surface area (Å²) in [6.45, 7) is 0. The fourth-order valence-electron chi connectivity index (χ4n) is 1.98. The van der Waals surface area contributed by atoms with Gasteiger partial charge in [0.25, 0.3) is 0 Å². The van der Waals surface area contributed by atoms with Crippen molar-refractivity contribution in [1.82, 2.24) is 14.9 Å². The first-order valence-corrected chi connectivity index (χ1v) is 6.65. The van der Waals surface area contributed by atoms with Crippen LogP contribution < -0.4 is 4.74 Å². The summed E-state index contributed by atoms with van der Waals surface area (Å²) >= 11 is 0. The van der Waals surface area contributed by atoms with Crippen LogP contribution in [0.1, 0.15) is 5.56 Å². The summed E-state index contributed by atoms with van der Waals surface area (Å²) in [6, 6.07) is 14.6. The van der Waals surface area contributed by atoms with Gasteiger partial charge < -0.3 is 9.84 Å². The van der Waals surface area contributed by atoms with Gasteiger partial charge >= 0.3 is 0 Å². The first-order chi connectivity index (χ1) is 10.8. The summed E-state index contributed by atoms with van der Waals surface area (Å²) in [5, 5.41) is 22.1. The minimum Gasteiger partial charge on any atom is -0.507 e. The third-order valence-electron chi connectivity index (χ3n) is 3.12. The molecule has 0 unspecified atom stereocenters. The normalized spacial score (nSPS) is 11.0. The van der Waals surface area contributed by atoms with Crippen molar-refractivity contribution < 1.29 is 9.84 Å². The molecule has 0 aliphatic heterocycles. The van der Waals surface area contributed by atoms with E-state index >= 15 is 0 Å². The number of phenols is 1. The van der Waals surface area contributed by atoms with Gasteiger partial charge in [0.1, 0.15) is 17.8 Å². The molecule has 110 valence electrons. The third-order valence-corrected chi connectivity index (χ3v) is 3.12. The highest BCUT2D eigenvalue weighted by Crippen LogP contribution is 2.21. The minimum atomic E-state index is 0.124. The van der Waals surface area contributed by atoms with E-state index in [0.29, 0.717) is 17.1 Å². The quantitative estimate of drug-likeness (QED) is 0.750. The van der Waals surface area contributed by atoms with E-state index in [1.165, 1.54) is 12.5 Å². The van der Waals surface area contributed by atoms with Crippen LogP contribution in [0.3, 0.4) is 0 Å². The number of hydrogen-bond donors (Lipinski definition) is 1. The van der Waals surface area contributed by atoms with Crippen molar-refractivity contribution in [2.75, 3.05) is 7.11 Å². The van der Waals surface area contributed by atoms with Crippen LogP contribution in [0.4, 0.5) is 0 Å². The lowest BCUT2D eigenvalue weighted by Gasteiger charge is -2.03. The van der Waals surface area contributed by atoms with Gasteiger partial charge in [0.15, 0.2) is 5.82 Å². The maximum atomic E-state index is 9.86. The Bertz CT molecular complexity index is 797. The average Bonchev–Trinajstić information content (AvgIpc) is 3.03. The molecule has 1 N–H and O–H groups in total. The fraction of sp³-hybridized carbons (Fsp3) is 0.0625. The topological polar surface area (TPSA) is 72.5 Å². The monoisotopic (exact) mass is 294 g/mol. The lowest BCUT2D eigenvalue weighted by atomic mass is 10.2. The highest BCUT2D eigenvalue weighted by atomic mass is 16.5. The molecular formula is C16H14N4O2. The van der Waals surface area contributed by atoms with Crippen molar-refractivity contribution in [2.24, 2.45) is 5.10 Å². The van der Waals surface area contributed by atoms with E-state index in [1.54, 1.807) is 30.0 Å². The van der Waals surface area contributed by atoms with E-state index < -0.39 is 0 Å². The Balaban J connectivity index is 1.93. The Morgan fingerprint density at radius 1 is 1.18 bits per heavy atom. The predicted molar refractivity (Wildman–Crippen MR) is 83.1 cm³/mol. The van der Waals surface area contributed by atoms with Crippen molar-refractivity contribution >= 4 is 6.21 Å². The van der Waals surface area contributed by atoms with Crippen molar-refractivity contribution in [3.05, 3.63) is 60.4 Å². The molecule has 0 radical (unpaired) electrons. The zero-order valence-corrected chi connectivity index (χ0v) is 11.9. The van der Waals surface area contributed by atoms with Gasteiger partial charge in [-0.2, -0.15) is 9.78 Å². The molecular weight excluding hydrogens is 280 g/mol. The molecule has 1 aromatic heterocycles. The Labute approximate surface area is 127 Å². The van der Waals surface area contributed by atoms with E-state index in [-0.39, 0.29) is 5.75 Å². The maximum absolute atomic E-state index is 9.86. The number of methoxy groups -OCH3 is 1. The first kappa shape index (κ1) is 13.8. The number of aromatic hydroxyl groups is 1. The van der Waals surface area contributed by atoms with Gasteiger partial charge in [0, 0.05) is 11.1 Å². The van der Waals surface area contributed by atoms with Crippen molar-refractivity contribution in [2.45, 2.75) is 0 Å². The first-order valence-electron chi connectivity index (χ1n) is 6.65. The van der Waals surface area contributed by atoms with Gasteiger partial charge in [-0.05, 0) is 18.2 Å². The molecule has 0 amide bonds. The van der Waals surface area contributed by atoms with E-state index in [1.807, 2.05) is 30.3 Å². The summed E-state index contributed by atoms with van der Waals surface area (Å²) in [7, 11) is 1.57. The van der Waals surface area contributed by atoms with Crippen LogP contribution in [0.5, 0.6) is 11.5 Å². The van der Waals surface area contributed by atoms with Crippen LogP contribution in [0.25, 0.3) is 11.4 Å². The molecule has 6 nitrogen and oxygen atoms in total. The number of hydrogen-bond acceptors (Lipinski definition) is 5. The average molecular weight is 294 g/mol. The minimum absolute atomic E-state index is 0.124. The van der Waals surface area contributed by atoms with Gasteiger partial charge in [0.2, 0.25) is 0 Å². The standard InChI is InChI=1S/C16H14N4O2/c1-22-14-7-8-15(21)13(9-14)10-18-20-11-17-19-16(20)12-5-3-2-4-6-12/h2-11,21H,1H3/b18-10+. The van der Waals surface area contributed by atoms with Gasteiger partial charge in [-0.3, -0.25) is 0 Å². The highest BCUT2D eigenvalue weighted by Gasteiger charge is 2.06. The molecule has 0 aliphatic rings. The van der Waals surface area contributed by atoms with Gasteiger partial charge in [-0.15, -0.1) is 10.2 Å². The number of phenolic OH excluding ortho intramolecular Hbond substituents is 1. The second-order valence-electron chi connectivity index (χ2n) is 4.53. The molecule has 0 saturated heterocycles. The van der Waals surface area contributed by atoms with E-state index in [2.05, 4.69) is 15.3 Å². The molecule has 0 saturated carbocycles. The predicted octanol–water partition coefficient (Wildman–Crippen LogP) is 2.54. The number of ether oxygens (including phenoxy) is 1. The molecule has 1 heterocycles. The second kappa shape index (κ2) is 6.09. The Morgan fingerprint density at radius 3 is 2.77 bits per heavy atom. The van der Waals surface area contributed by atoms with Crippen LogP contribution >= 0.6 is 0 Å². The van der Waals surface area contributed by atoms with Crippen LogP contribution in [0.15, 0.2) is 60.0 Å². The number of rotatable bonds is 4. The molecule has 0 atom stereocenters. The van der Waals surface area contributed by atoms with Crippen LogP contribution in [0.2, 0.25) is 0 Å². The summed E-state index contributed by atoms with van der Waals surface area (Å²) < 4.78 is 6.69. The van der Waals surface area contributed by atoms with Gasteiger partial charge in [-0.1, -0.05) is 30.3 Å². The third kappa shape index (κ3) is 2.80. The van der Waals surface area contributed by atoms with Crippen LogP contribution in [-0.2, 0) is 0 Å². The summed E-state index contributed by atoms with van der Waals surface area (Å²) in [4.78, 5) is 0. The van der Waals surface area contributed by atoms with E-state index in [4.69, 9.17) is 4.74 Å². The lowest BCUT2D eigenvalue weighted by molar-refractivity contribution is 0.412. The summed E-state index contributed by atoms with van der Waals surface area (Å²) in [6.07, 6.45) is 3.05. The molecule has 0 spiro atoms. The fourth-order valence-corrected chi connectivity index (χ4v) is 1.98. The molecule has 22 heavy (non-hydrogen) atoms. The number of nitrogens with zero attached hydrogens (tertiary/aromatic N) is 4. The van der Waals surface area contributed by atoms with Crippen molar-refractivity contribution in [3.63, 3.8) is 0 Å². The number of aromatic nitrogens is 3. The van der Waals surface area contributed by atoms with E-state index in [9.17, 15) is 5.11 Å². The molecule has 0 aliphatic carbocycles.